The van der Waals surface area contributed by atoms with E-state index in [1.807, 2.05) is 0 Å². The number of nitrogens with two attached hydrogens (primary N) is 1. The van der Waals surface area contributed by atoms with E-state index in [1.165, 1.54) is 11.9 Å². The Morgan fingerprint density at radius 2 is 1.90 bits per heavy atom. The molecule has 5 heteroatoms. The number of nitrogens with zero attached hydrogens (tertiary/aromatic N) is 3. The maximum atomic E-state index is 5.81. The summed E-state index contributed by atoms with van der Waals surface area (Å²) in [6.45, 7) is 4.74. The lowest BCUT2D eigenvalue weighted by Crippen LogP contribution is -2.18. The highest BCUT2D eigenvalue weighted by Gasteiger charge is 2.18. The monoisotopic (exact) mass is 268 g/mol. The Labute approximate surface area is 117 Å². The van der Waals surface area contributed by atoms with Gasteiger partial charge in [-0.2, -0.15) is 4.98 Å². The topological polar surface area (TPSA) is 73.4 Å². The van der Waals surface area contributed by atoms with E-state index >= 15 is 0 Å². The van der Waals surface area contributed by atoms with Crippen molar-refractivity contribution in [3.63, 3.8) is 0 Å². The summed E-state index contributed by atoms with van der Waals surface area (Å²) in [6.07, 6.45) is 1.38. The van der Waals surface area contributed by atoms with Crippen molar-refractivity contribution >= 4 is 17.2 Å². The molecule has 0 bridgehead atoms. The molecule has 1 aromatic heterocycles. The minimum absolute atomic E-state index is 0.339. The Hall–Kier alpha value is -2.43. The maximum absolute atomic E-state index is 5.81. The third kappa shape index (κ3) is 2.22. The lowest BCUT2D eigenvalue weighted by molar-refractivity contribution is 0.357. The molecule has 102 valence electrons. The van der Waals surface area contributed by atoms with Gasteiger partial charge in [0, 0.05) is 0 Å². The number of hydrogen-bond donors (Lipinski definition) is 1. The Morgan fingerprint density at radius 1 is 1.15 bits per heavy atom. The van der Waals surface area contributed by atoms with Gasteiger partial charge in [0.25, 0.3) is 0 Å². The molecule has 0 aliphatic carbocycles. The molecule has 2 aromatic rings. The van der Waals surface area contributed by atoms with Crippen LogP contribution in [0.15, 0.2) is 35.6 Å². The highest BCUT2D eigenvalue weighted by molar-refractivity contribution is 6.04. The molecule has 0 spiro atoms. The summed E-state index contributed by atoms with van der Waals surface area (Å²) in [7, 11) is 0. The van der Waals surface area contributed by atoms with Gasteiger partial charge >= 0.3 is 0 Å². The van der Waals surface area contributed by atoms with Gasteiger partial charge in [-0.3, -0.25) is 0 Å². The zero-order chi connectivity index (χ0) is 14.1. The van der Waals surface area contributed by atoms with Gasteiger partial charge in [0.15, 0.2) is 11.5 Å². The molecule has 2 heterocycles. The third-order valence-corrected chi connectivity index (χ3v) is 3.32. The Morgan fingerprint density at radius 3 is 2.60 bits per heavy atom. The van der Waals surface area contributed by atoms with Crippen LogP contribution in [0.4, 0.5) is 11.5 Å². The minimum atomic E-state index is 0.339. The van der Waals surface area contributed by atoms with Crippen LogP contribution in [-0.4, -0.2) is 22.3 Å². The lowest BCUT2D eigenvalue weighted by Gasteiger charge is -2.17. The molecule has 0 saturated carbocycles. The van der Waals surface area contributed by atoms with Crippen LogP contribution in [0.25, 0.3) is 0 Å². The van der Waals surface area contributed by atoms with Crippen molar-refractivity contribution < 1.29 is 4.74 Å². The summed E-state index contributed by atoms with van der Waals surface area (Å²) in [4.78, 5) is 12.5. The normalized spacial score (nSPS) is 13.7. The molecule has 5 nitrogen and oxygen atoms in total. The molecule has 0 atom stereocenters. The number of fused-ring (bicyclic) bond motifs is 1. The predicted octanol–water partition coefficient (Wildman–Crippen LogP) is 2.70. The minimum Gasteiger partial charge on any atom is -0.469 e. The molecular formula is C15H16N4O. The van der Waals surface area contributed by atoms with Gasteiger partial charge in [0.05, 0.1) is 5.71 Å². The average Bonchev–Trinajstić information content (AvgIpc) is 2.47. The maximum Gasteiger partial charge on any atom is 0.245 e. The third-order valence-electron chi connectivity index (χ3n) is 3.32. The molecule has 0 amide bonds. The first-order valence-electron chi connectivity index (χ1n) is 6.56. The van der Waals surface area contributed by atoms with Crippen LogP contribution in [0.2, 0.25) is 0 Å². The smallest absolute Gasteiger partial charge is 0.245 e. The molecule has 20 heavy (non-hydrogen) atoms. The molecule has 2 N–H and O–H groups in total. The van der Waals surface area contributed by atoms with Crippen molar-refractivity contribution in [3.8, 4) is 5.88 Å². The molecule has 0 saturated heterocycles. The fourth-order valence-corrected chi connectivity index (χ4v) is 2.10. The zero-order valence-electron chi connectivity index (χ0n) is 11.5. The number of hydrogen-bond acceptors (Lipinski definition) is 5. The first-order chi connectivity index (χ1) is 9.65. The fourth-order valence-electron chi connectivity index (χ4n) is 2.10. The summed E-state index contributed by atoms with van der Waals surface area (Å²) < 4.78 is 5.59. The molecule has 3 rings (SSSR count). The second-order valence-electron chi connectivity index (χ2n) is 5.04. The number of aliphatic imine (C=N–C) groups is 1. The van der Waals surface area contributed by atoms with E-state index in [0.717, 1.165) is 11.3 Å². The Kier molecular flexibility index (Phi) is 3.10. The zero-order valence-corrected chi connectivity index (χ0v) is 11.5. The van der Waals surface area contributed by atoms with Gasteiger partial charge in [0.1, 0.15) is 12.9 Å². The Balaban J connectivity index is 1.97. The van der Waals surface area contributed by atoms with Crippen LogP contribution in [0.1, 0.15) is 30.9 Å². The van der Waals surface area contributed by atoms with Crippen molar-refractivity contribution in [1.82, 2.24) is 9.97 Å². The summed E-state index contributed by atoms with van der Waals surface area (Å²) in [6, 6.07) is 8.34. The van der Waals surface area contributed by atoms with E-state index in [9.17, 15) is 0 Å². The standard InChI is InChI=1S/C15H16N4O/c1-9(2)10-3-5-11(6-4-10)12-7-20-15-13(19-12)14(16)17-8-18-15/h3-6,8-9H,7H2,1-2H3,(H2,16,17,18). The van der Waals surface area contributed by atoms with E-state index in [2.05, 4.69) is 53.1 Å². The molecular weight excluding hydrogens is 252 g/mol. The van der Waals surface area contributed by atoms with Crippen molar-refractivity contribution in [2.45, 2.75) is 19.8 Å². The summed E-state index contributed by atoms with van der Waals surface area (Å²) in [5.74, 6) is 1.30. The number of rotatable bonds is 2. The van der Waals surface area contributed by atoms with Gasteiger partial charge in [0.2, 0.25) is 5.88 Å². The van der Waals surface area contributed by atoms with E-state index in [-0.39, 0.29) is 0 Å². The van der Waals surface area contributed by atoms with Gasteiger partial charge in [-0.1, -0.05) is 38.1 Å². The van der Waals surface area contributed by atoms with Crippen LogP contribution >= 0.6 is 0 Å². The highest BCUT2D eigenvalue weighted by atomic mass is 16.5. The van der Waals surface area contributed by atoms with Gasteiger partial charge < -0.3 is 10.5 Å². The largest absolute Gasteiger partial charge is 0.469 e. The van der Waals surface area contributed by atoms with Crippen LogP contribution in [-0.2, 0) is 0 Å². The molecule has 0 fully saturated rings. The SMILES string of the molecule is CC(C)c1ccc(C2=Nc3c(N)ncnc3OC2)cc1. The molecule has 0 radical (unpaired) electrons. The van der Waals surface area contributed by atoms with Gasteiger partial charge in [-0.05, 0) is 17.0 Å². The van der Waals surface area contributed by atoms with E-state index in [4.69, 9.17) is 10.5 Å². The molecule has 1 aromatic carbocycles. The Bertz CT molecular complexity index is 662. The van der Waals surface area contributed by atoms with Crippen molar-refractivity contribution in [2.75, 3.05) is 12.3 Å². The highest BCUT2D eigenvalue weighted by Crippen LogP contribution is 2.33. The van der Waals surface area contributed by atoms with Crippen LogP contribution in [0, 0.1) is 0 Å². The molecule has 0 unspecified atom stereocenters. The first-order valence-corrected chi connectivity index (χ1v) is 6.56. The van der Waals surface area contributed by atoms with Crippen molar-refractivity contribution in [1.29, 1.82) is 0 Å². The molecule has 1 aliphatic heterocycles. The van der Waals surface area contributed by atoms with Crippen LogP contribution < -0.4 is 10.5 Å². The van der Waals surface area contributed by atoms with E-state index in [1.54, 1.807) is 0 Å². The second-order valence-corrected chi connectivity index (χ2v) is 5.04. The van der Waals surface area contributed by atoms with Crippen molar-refractivity contribution in [3.05, 3.63) is 41.7 Å². The summed E-state index contributed by atoms with van der Waals surface area (Å²) >= 11 is 0. The first kappa shape index (κ1) is 12.6. The van der Waals surface area contributed by atoms with Gasteiger partial charge in [-0.25, -0.2) is 9.98 Å². The number of ether oxygens (including phenoxy) is 1. The lowest BCUT2D eigenvalue weighted by atomic mass is 10.0. The quantitative estimate of drug-likeness (QED) is 0.908. The second kappa shape index (κ2) is 4.92. The fraction of sp³-hybridized carbons (Fsp3) is 0.267. The van der Waals surface area contributed by atoms with Gasteiger partial charge in [-0.15, -0.1) is 0 Å². The predicted molar refractivity (Wildman–Crippen MR) is 78.7 cm³/mol. The van der Waals surface area contributed by atoms with E-state index < -0.39 is 0 Å². The van der Waals surface area contributed by atoms with Crippen LogP contribution in [0.3, 0.4) is 0 Å². The number of anilines is 1. The number of nitrogen functional groups attached to an aromatic ring is 1. The molecule has 1 aliphatic rings. The number of benzene rings is 1. The van der Waals surface area contributed by atoms with Crippen molar-refractivity contribution in [2.24, 2.45) is 4.99 Å². The van der Waals surface area contributed by atoms with Crippen LogP contribution in [0.5, 0.6) is 5.88 Å². The average molecular weight is 268 g/mol. The number of aromatic nitrogens is 2. The summed E-state index contributed by atoms with van der Waals surface area (Å²) in [5, 5.41) is 0. The van der Waals surface area contributed by atoms with E-state index in [0.29, 0.717) is 29.9 Å². The summed E-state index contributed by atoms with van der Waals surface area (Å²) in [5.41, 5.74) is 9.50.